The van der Waals surface area contributed by atoms with Crippen molar-refractivity contribution in [2.45, 2.75) is 25.3 Å². The molecule has 1 saturated heterocycles. The van der Waals surface area contributed by atoms with Gasteiger partial charge in [-0.1, -0.05) is 27.7 Å². The number of halogens is 1. The third kappa shape index (κ3) is 3.68. The van der Waals surface area contributed by atoms with Crippen LogP contribution in [0.4, 0.5) is 0 Å². The van der Waals surface area contributed by atoms with Crippen LogP contribution in [0.1, 0.15) is 19.3 Å². The second kappa shape index (κ2) is 5.65. The molecule has 5 heteroatoms. The highest BCUT2D eigenvalue weighted by Crippen LogP contribution is 2.19. The van der Waals surface area contributed by atoms with E-state index in [1.54, 1.807) is 0 Å². The SMILES string of the molecule is O=C(CCCBr)N[C@H]1CCSC1=O. The second-order valence-corrected chi connectivity index (χ2v) is 4.76. The Morgan fingerprint density at radius 3 is 3.00 bits per heavy atom. The van der Waals surface area contributed by atoms with Gasteiger partial charge >= 0.3 is 0 Å². The zero-order valence-electron chi connectivity index (χ0n) is 7.22. The van der Waals surface area contributed by atoms with Crippen molar-refractivity contribution in [1.29, 1.82) is 0 Å². The van der Waals surface area contributed by atoms with Gasteiger partial charge in [0.15, 0.2) is 0 Å². The normalized spacial score (nSPS) is 21.9. The molecule has 1 fully saturated rings. The van der Waals surface area contributed by atoms with Gasteiger partial charge < -0.3 is 5.32 Å². The topological polar surface area (TPSA) is 46.2 Å². The fourth-order valence-electron chi connectivity index (χ4n) is 1.12. The van der Waals surface area contributed by atoms with E-state index in [0.717, 1.165) is 23.9 Å². The first-order valence-corrected chi connectivity index (χ1v) is 6.36. The molecule has 1 rings (SSSR count). The van der Waals surface area contributed by atoms with Gasteiger partial charge in [-0.25, -0.2) is 0 Å². The molecule has 1 aliphatic rings. The number of hydrogen-bond acceptors (Lipinski definition) is 3. The summed E-state index contributed by atoms with van der Waals surface area (Å²) in [6, 6.07) is -0.229. The van der Waals surface area contributed by atoms with Gasteiger partial charge in [-0.05, 0) is 12.8 Å². The van der Waals surface area contributed by atoms with Gasteiger partial charge in [-0.3, -0.25) is 9.59 Å². The highest BCUT2D eigenvalue weighted by molar-refractivity contribution is 9.09. The average Bonchev–Trinajstić information content (AvgIpc) is 2.48. The van der Waals surface area contributed by atoms with Crippen LogP contribution in [-0.2, 0) is 9.59 Å². The summed E-state index contributed by atoms with van der Waals surface area (Å²) in [4.78, 5) is 22.3. The first-order chi connectivity index (χ1) is 6.24. The van der Waals surface area contributed by atoms with Crippen LogP contribution in [0.5, 0.6) is 0 Å². The number of alkyl halides is 1. The number of carbonyl (C=O) groups excluding carboxylic acids is 2. The van der Waals surface area contributed by atoms with Crippen molar-refractivity contribution in [2.75, 3.05) is 11.1 Å². The van der Waals surface area contributed by atoms with Crippen molar-refractivity contribution in [2.24, 2.45) is 0 Å². The molecule has 74 valence electrons. The summed E-state index contributed by atoms with van der Waals surface area (Å²) in [7, 11) is 0. The number of hydrogen-bond donors (Lipinski definition) is 1. The third-order valence-electron chi connectivity index (χ3n) is 1.81. The summed E-state index contributed by atoms with van der Waals surface area (Å²) in [6.07, 6.45) is 2.10. The largest absolute Gasteiger partial charge is 0.345 e. The standard InChI is InChI=1S/C8H12BrNO2S/c9-4-1-2-7(11)10-6-3-5-13-8(6)12/h6H,1-5H2,(H,10,11)/t6-/m0/s1. The smallest absolute Gasteiger partial charge is 0.220 e. The zero-order valence-corrected chi connectivity index (χ0v) is 9.62. The fraction of sp³-hybridized carbons (Fsp3) is 0.750. The van der Waals surface area contributed by atoms with Crippen LogP contribution in [0.3, 0.4) is 0 Å². The Morgan fingerprint density at radius 1 is 1.69 bits per heavy atom. The van der Waals surface area contributed by atoms with Gasteiger partial charge in [0.05, 0.1) is 6.04 Å². The molecule has 3 nitrogen and oxygen atoms in total. The molecule has 1 N–H and O–H groups in total. The van der Waals surface area contributed by atoms with Crippen molar-refractivity contribution in [3.63, 3.8) is 0 Å². The predicted octanol–water partition coefficient (Wildman–Crippen LogP) is 1.31. The molecule has 0 radical (unpaired) electrons. The Labute approximate surface area is 90.2 Å². The summed E-state index contributed by atoms with van der Waals surface area (Å²) in [6.45, 7) is 0. The number of carbonyl (C=O) groups is 2. The first-order valence-electron chi connectivity index (χ1n) is 4.26. The lowest BCUT2D eigenvalue weighted by Crippen LogP contribution is -2.36. The number of thioether (sulfide) groups is 1. The minimum atomic E-state index is -0.229. The fourth-order valence-corrected chi connectivity index (χ4v) is 2.33. The second-order valence-electron chi connectivity index (χ2n) is 2.87. The van der Waals surface area contributed by atoms with Gasteiger partial charge in [0.1, 0.15) is 0 Å². The number of rotatable bonds is 4. The monoisotopic (exact) mass is 265 g/mol. The van der Waals surface area contributed by atoms with Crippen molar-refractivity contribution >= 4 is 38.7 Å². The van der Waals surface area contributed by atoms with Crippen LogP contribution in [0.25, 0.3) is 0 Å². The van der Waals surface area contributed by atoms with Crippen LogP contribution in [-0.4, -0.2) is 28.1 Å². The van der Waals surface area contributed by atoms with E-state index in [-0.39, 0.29) is 17.1 Å². The minimum absolute atomic E-state index is 0.0136. The molecule has 1 aliphatic heterocycles. The van der Waals surface area contributed by atoms with E-state index in [9.17, 15) is 9.59 Å². The lowest BCUT2D eigenvalue weighted by Gasteiger charge is -2.08. The lowest BCUT2D eigenvalue weighted by molar-refractivity contribution is -0.124. The van der Waals surface area contributed by atoms with E-state index in [0.29, 0.717) is 6.42 Å². The highest BCUT2D eigenvalue weighted by atomic mass is 79.9. The quantitative estimate of drug-likeness (QED) is 0.780. The van der Waals surface area contributed by atoms with Crippen LogP contribution in [0.2, 0.25) is 0 Å². The van der Waals surface area contributed by atoms with Gasteiger partial charge in [0.2, 0.25) is 11.0 Å². The molecular weight excluding hydrogens is 254 g/mol. The summed E-state index contributed by atoms with van der Waals surface area (Å²) < 4.78 is 0. The van der Waals surface area contributed by atoms with E-state index in [2.05, 4.69) is 21.2 Å². The minimum Gasteiger partial charge on any atom is -0.345 e. The molecule has 0 unspecified atom stereocenters. The molecule has 1 amide bonds. The molecule has 1 atom stereocenters. The van der Waals surface area contributed by atoms with E-state index in [4.69, 9.17) is 0 Å². The molecular formula is C8H12BrNO2S. The summed E-state index contributed by atoms with van der Waals surface area (Å²) in [5.41, 5.74) is 0. The molecule has 0 aromatic heterocycles. The van der Waals surface area contributed by atoms with Gasteiger partial charge in [-0.2, -0.15) is 0 Å². The Bertz CT molecular complexity index is 210. The molecule has 1 heterocycles. The first kappa shape index (κ1) is 11.0. The molecule has 0 spiro atoms. The predicted molar refractivity (Wildman–Crippen MR) is 57.0 cm³/mol. The molecule has 0 aromatic carbocycles. The maximum absolute atomic E-state index is 11.2. The molecule has 0 saturated carbocycles. The summed E-state index contributed by atoms with van der Waals surface area (Å²) in [5, 5.41) is 3.66. The van der Waals surface area contributed by atoms with Crippen molar-refractivity contribution in [1.82, 2.24) is 5.32 Å². The third-order valence-corrected chi connectivity index (χ3v) is 3.38. The molecule has 13 heavy (non-hydrogen) atoms. The Hall–Kier alpha value is -0.0300. The Morgan fingerprint density at radius 2 is 2.46 bits per heavy atom. The van der Waals surface area contributed by atoms with E-state index in [1.807, 2.05) is 0 Å². The van der Waals surface area contributed by atoms with Crippen LogP contribution >= 0.6 is 27.7 Å². The van der Waals surface area contributed by atoms with E-state index < -0.39 is 0 Å². The van der Waals surface area contributed by atoms with Crippen LogP contribution in [0.15, 0.2) is 0 Å². The lowest BCUT2D eigenvalue weighted by atomic mass is 10.2. The maximum Gasteiger partial charge on any atom is 0.220 e. The summed E-state index contributed by atoms with van der Waals surface area (Å²) >= 11 is 4.56. The van der Waals surface area contributed by atoms with Crippen LogP contribution in [0, 0.1) is 0 Å². The number of nitrogens with one attached hydrogen (secondary N) is 1. The number of amides is 1. The maximum atomic E-state index is 11.2. The van der Waals surface area contributed by atoms with Crippen molar-refractivity contribution < 1.29 is 9.59 Å². The molecule has 0 aliphatic carbocycles. The molecule has 0 bridgehead atoms. The van der Waals surface area contributed by atoms with Gasteiger partial charge in [-0.15, -0.1) is 0 Å². The average molecular weight is 266 g/mol. The van der Waals surface area contributed by atoms with Gasteiger partial charge in [0, 0.05) is 17.5 Å². The Kier molecular flexibility index (Phi) is 4.80. The van der Waals surface area contributed by atoms with Crippen LogP contribution < -0.4 is 5.32 Å². The summed E-state index contributed by atoms with van der Waals surface area (Å²) in [5.74, 6) is 0.822. The Balaban J connectivity index is 2.23. The van der Waals surface area contributed by atoms with Gasteiger partial charge in [0.25, 0.3) is 0 Å². The highest BCUT2D eigenvalue weighted by Gasteiger charge is 2.26. The van der Waals surface area contributed by atoms with Crippen molar-refractivity contribution in [3.8, 4) is 0 Å². The van der Waals surface area contributed by atoms with E-state index >= 15 is 0 Å². The van der Waals surface area contributed by atoms with E-state index in [1.165, 1.54) is 11.8 Å². The zero-order chi connectivity index (χ0) is 9.68. The molecule has 0 aromatic rings. The van der Waals surface area contributed by atoms with Crippen molar-refractivity contribution in [3.05, 3.63) is 0 Å².